The van der Waals surface area contributed by atoms with E-state index in [0.29, 0.717) is 17.2 Å². The van der Waals surface area contributed by atoms with Crippen molar-refractivity contribution in [3.05, 3.63) is 161 Å². The van der Waals surface area contributed by atoms with Gasteiger partial charge in [-0.05, 0) is 145 Å². The lowest BCUT2D eigenvalue weighted by Gasteiger charge is -2.20. The van der Waals surface area contributed by atoms with Crippen LogP contribution >= 0.6 is 7.82 Å². The second-order valence-electron chi connectivity index (χ2n) is 12.0. The van der Waals surface area contributed by atoms with E-state index in [1.54, 1.807) is 36.4 Å². The molecule has 0 aromatic heterocycles. The molecule has 0 aliphatic heterocycles. The van der Waals surface area contributed by atoms with Crippen molar-refractivity contribution < 1.29 is 18.1 Å². The van der Waals surface area contributed by atoms with E-state index in [4.69, 9.17) is 13.6 Å². The maximum Gasteiger partial charge on any atom is 0.647 e. The van der Waals surface area contributed by atoms with Gasteiger partial charge in [-0.15, -0.1) is 0 Å². The normalized spacial score (nSPS) is 11.3. The number of phosphoric ester groups is 1. The number of rotatable bonds is 9. The van der Waals surface area contributed by atoms with Gasteiger partial charge in [0.1, 0.15) is 17.2 Å². The molecule has 0 unspecified atom stereocenters. The molecule has 5 heteroatoms. The minimum Gasteiger partial charge on any atom is -0.386 e. The van der Waals surface area contributed by atoms with Gasteiger partial charge in [-0.3, -0.25) is 0 Å². The molecule has 47 heavy (non-hydrogen) atoms. The molecule has 0 bridgehead atoms. The maximum atomic E-state index is 14.4. The van der Waals surface area contributed by atoms with Crippen LogP contribution in [0.25, 0.3) is 33.4 Å². The van der Waals surface area contributed by atoms with Crippen LogP contribution in [0.2, 0.25) is 0 Å². The second kappa shape index (κ2) is 13.4. The van der Waals surface area contributed by atoms with Gasteiger partial charge in [0.05, 0.1) is 0 Å². The number of hydrogen-bond acceptors (Lipinski definition) is 4. The quantitative estimate of drug-likeness (QED) is 0.148. The SMILES string of the molecule is Cc1cccc(-c2ccc(OP(=O)(Oc3ccc(-c4cccc(C)c4C)cc3)Oc3ccc(-c4cccc(C)c4C)cc3)cc2)c1C. The molecule has 0 amide bonds. The Bertz CT molecular complexity index is 1840. The fourth-order valence-corrected chi connectivity index (χ4v) is 6.97. The first-order valence-corrected chi connectivity index (χ1v) is 17.2. The molecule has 0 aliphatic rings. The summed E-state index contributed by atoms with van der Waals surface area (Å²) in [6.07, 6.45) is 0. The Balaban J connectivity index is 1.29. The summed E-state index contributed by atoms with van der Waals surface area (Å²) in [5.74, 6) is 1.13. The summed E-state index contributed by atoms with van der Waals surface area (Å²) in [5.41, 5.74) is 13.9. The lowest BCUT2D eigenvalue weighted by molar-refractivity contribution is 0.298. The van der Waals surface area contributed by atoms with Gasteiger partial charge in [0.2, 0.25) is 0 Å². The van der Waals surface area contributed by atoms with Crippen molar-refractivity contribution in [3.8, 4) is 50.6 Å². The Morgan fingerprint density at radius 1 is 0.362 bits per heavy atom. The highest BCUT2D eigenvalue weighted by Gasteiger charge is 2.33. The van der Waals surface area contributed by atoms with E-state index in [0.717, 1.165) is 33.4 Å². The first kappa shape index (κ1) is 31.9. The Labute approximate surface area is 278 Å². The van der Waals surface area contributed by atoms with Gasteiger partial charge in [-0.2, -0.15) is 4.57 Å². The van der Waals surface area contributed by atoms with Crippen LogP contribution in [0.1, 0.15) is 33.4 Å². The lowest BCUT2D eigenvalue weighted by Crippen LogP contribution is -2.07. The van der Waals surface area contributed by atoms with Crippen molar-refractivity contribution in [2.45, 2.75) is 41.5 Å². The molecule has 0 saturated heterocycles. The zero-order valence-electron chi connectivity index (χ0n) is 27.7. The fraction of sp³-hybridized carbons (Fsp3) is 0.143. The Hall–Kier alpha value is -5.05. The summed E-state index contributed by atoms with van der Waals surface area (Å²) in [5, 5.41) is 0. The molecule has 0 atom stereocenters. The molecule has 0 radical (unpaired) electrons. The largest absolute Gasteiger partial charge is 0.647 e. The standard InChI is InChI=1S/C42H39O4P/c1-28-10-7-13-40(31(28)4)34-16-22-37(23-17-34)44-47(43,45-38-24-18-35(19-25-38)41-14-8-11-29(2)32(41)5)46-39-26-20-36(21-27-39)42-15-9-12-30(3)33(42)6/h7-27H,1-6H3. The van der Waals surface area contributed by atoms with Gasteiger partial charge in [0.15, 0.2) is 0 Å². The van der Waals surface area contributed by atoms with Gasteiger partial charge in [-0.25, -0.2) is 0 Å². The molecule has 0 saturated carbocycles. The molecule has 6 rings (SSSR count). The van der Waals surface area contributed by atoms with Crippen LogP contribution in [-0.2, 0) is 4.57 Å². The zero-order valence-corrected chi connectivity index (χ0v) is 28.6. The first-order chi connectivity index (χ1) is 22.6. The molecule has 0 fully saturated rings. The van der Waals surface area contributed by atoms with Gasteiger partial charge >= 0.3 is 7.82 Å². The summed E-state index contributed by atoms with van der Waals surface area (Å²) < 4.78 is 32.6. The van der Waals surface area contributed by atoms with E-state index >= 15 is 0 Å². The van der Waals surface area contributed by atoms with Crippen molar-refractivity contribution in [1.29, 1.82) is 0 Å². The van der Waals surface area contributed by atoms with Crippen LogP contribution in [0, 0.1) is 41.5 Å². The number of phosphoric acid groups is 1. The summed E-state index contributed by atoms with van der Waals surface area (Å²) in [6.45, 7) is 12.6. The number of aryl methyl sites for hydroxylation is 3. The third kappa shape index (κ3) is 7.04. The molecule has 4 nitrogen and oxygen atoms in total. The average Bonchev–Trinajstić information content (AvgIpc) is 3.06. The van der Waals surface area contributed by atoms with Crippen LogP contribution in [0.15, 0.2) is 127 Å². The number of hydrogen-bond donors (Lipinski definition) is 0. The van der Waals surface area contributed by atoms with Crippen LogP contribution in [-0.4, -0.2) is 0 Å². The monoisotopic (exact) mass is 638 g/mol. The molecule has 0 N–H and O–H groups in total. The molecule has 0 spiro atoms. The van der Waals surface area contributed by atoms with Crippen molar-refractivity contribution >= 4 is 7.82 Å². The Morgan fingerprint density at radius 2 is 0.617 bits per heavy atom. The molecular weight excluding hydrogens is 599 g/mol. The summed E-state index contributed by atoms with van der Waals surface area (Å²) >= 11 is 0. The number of benzene rings is 6. The summed E-state index contributed by atoms with van der Waals surface area (Å²) in [7, 11) is -4.20. The summed E-state index contributed by atoms with van der Waals surface area (Å²) in [6, 6.07) is 41.3. The molecule has 6 aromatic carbocycles. The van der Waals surface area contributed by atoms with Crippen molar-refractivity contribution in [2.75, 3.05) is 0 Å². The minimum atomic E-state index is -4.20. The highest BCUT2D eigenvalue weighted by molar-refractivity contribution is 7.49. The van der Waals surface area contributed by atoms with Gasteiger partial charge in [-0.1, -0.05) is 91.0 Å². The highest BCUT2D eigenvalue weighted by Crippen LogP contribution is 2.50. The third-order valence-corrected chi connectivity index (χ3v) is 10.3. The van der Waals surface area contributed by atoms with Gasteiger partial charge in [0.25, 0.3) is 0 Å². The first-order valence-electron chi connectivity index (χ1n) is 15.8. The Kier molecular flexibility index (Phi) is 9.07. The topological polar surface area (TPSA) is 44.8 Å². The molecule has 236 valence electrons. The Morgan fingerprint density at radius 3 is 0.872 bits per heavy atom. The fourth-order valence-electron chi connectivity index (χ4n) is 5.72. The minimum absolute atomic E-state index is 0.376. The van der Waals surface area contributed by atoms with Gasteiger partial charge in [0, 0.05) is 0 Å². The predicted octanol–water partition coefficient (Wildman–Crippen LogP) is 12.2. The summed E-state index contributed by atoms with van der Waals surface area (Å²) in [4.78, 5) is 0. The van der Waals surface area contributed by atoms with E-state index in [2.05, 4.69) is 96.1 Å². The van der Waals surface area contributed by atoms with Crippen LogP contribution in [0.3, 0.4) is 0 Å². The predicted molar refractivity (Wildman–Crippen MR) is 194 cm³/mol. The van der Waals surface area contributed by atoms with Crippen LogP contribution in [0.5, 0.6) is 17.2 Å². The van der Waals surface area contributed by atoms with Crippen molar-refractivity contribution in [1.82, 2.24) is 0 Å². The van der Waals surface area contributed by atoms with E-state index in [1.807, 2.05) is 36.4 Å². The molecule has 0 heterocycles. The van der Waals surface area contributed by atoms with E-state index in [-0.39, 0.29) is 0 Å². The van der Waals surface area contributed by atoms with E-state index in [9.17, 15) is 4.57 Å². The molecule has 6 aromatic rings. The van der Waals surface area contributed by atoms with Crippen LogP contribution < -0.4 is 13.6 Å². The van der Waals surface area contributed by atoms with Crippen molar-refractivity contribution in [2.24, 2.45) is 0 Å². The van der Waals surface area contributed by atoms with E-state index < -0.39 is 7.82 Å². The van der Waals surface area contributed by atoms with Gasteiger partial charge < -0.3 is 13.6 Å². The smallest absolute Gasteiger partial charge is 0.386 e. The lowest BCUT2D eigenvalue weighted by atomic mass is 9.97. The van der Waals surface area contributed by atoms with Crippen LogP contribution in [0.4, 0.5) is 0 Å². The van der Waals surface area contributed by atoms with E-state index in [1.165, 1.54) is 33.4 Å². The molecular formula is C42H39O4P. The zero-order chi connectivity index (χ0) is 33.1. The average molecular weight is 639 g/mol. The third-order valence-electron chi connectivity index (χ3n) is 8.96. The highest BCUT2D eigenvalue weighted by atomic mass is 31.2. The maximum absolute atomic E-state index is 14.4. The molecule has 0 aliphatic carbocycles. The second-order valence-corrected chi connectivity index (χ2v) is 13.5. The van der Waals surface area contributed by atoms with Crippen molar-refractivity contribution in [3.63, 3.8) is 0 Å².